The molecule has 9 nitrogen and oxygen atoms in total. The normalized spacial score (nSPS) is 16.8. The van der Waals surface area contributed by atoms with Gasteiger partial charge in [-0.15, -0.1) is 13.2 Å². The largest absolute Gasteiger partial charge is 0.394 e. The maximum Gasteiger partial charge on any atom is 0.191 e. The van der Waals surface area contributed by atoms with Crippen LogP contribution in [0.1, 0.15) is 67.7 Å². The summed E-state index contributed by atoms with van der Waals surface area (Å²) >= 11 is 1.48. The lowest BCUT2D eigenvalue weighted by Crippen LogP contribution is -2.33. The van der Waals surface area contributed by atoms with E-state index in [0.717, 1.165) is 12.2 Å². The quantitative estimate of drug-likeness (QED) is 0.0688. The molecule has 236 valence electrons. The van der Waals surface area contributed by atoms with Gasteiger partial charge in [-0.05, 0) is 47.0 Å². The first-order valence-corrected chi connectivity index (χ1v) is 14.1. The molecule has 0 aliphatic heterocycles. The van der Waals surface area contributed by atoms with E-state index in [1.165, 1.54) is 31.2 Å². The summed E-state index contributed by atoms with van der Waals surface area (Å²) in [5, 5.41) is 28.5. The van der Waals surface area contributed by atoms with Crippen LogP contribution in [-0.4, -0.2) is 75.5 Å². The molecular weight excluding hydrogens is 540 g/mol. The van der Waals surface area contributed by atoms with E-state index in [4.69, 9.17) is 31.5 Å². The lowest BCUT2D eigenvalue weighted by Gasteiger charge is -2.20. The molecule has 12 heteroatoms. The van der Waals surface area contributed by atoms with Crippen LogP contribution in [0, 0.1) is 0 Å². The molecule has 40 heavy (non-hydrogen) atoms. The van der Waals surface area contributed by atoms with Gasteiger partial charge in [0.25, 0.3) is 0 Å². The van der Waals surface area contributed by atoms with Crippen molar-refractivity contribution in [3.8, 4) is 0 Å². The Hall–Kier alpha value is -2.25. The number of aromatic nitrogens is 2. The second kappa shape index (κ2) is 28.3. The number of nitrogens with zero attached hydrogens (tertiary/aromatic N) is 2. The summed E-state index contributed by atoms with van der Waals surface area (Å²) < 4.78 is 29.2. The summed E-state index contributed by atoms with van der Waals surface area (Å²) in [6.45, 7) is 22.3. The van der Waals surface area contributed by atoms with Crippen LogP contribution in [0.25, 0.3) is 0 Å². The highest BCUT2D eigenvalue weighted by atomic mass is 32.2. The van der Waals surface area contributed by atoms with Gasteiger partial charge < -0.3 is 36.8 Å². The van der Waals surface area contributed by atoms with E-state index in [9.17, 15) is 8.78 Å². The number of allylic oxidation sites excluding steroid dienone is 3. The Labute approximate surface area is 245 Å². The average molecular weight is 596 g/mol. The highest BCUT2D eigenvalue weighted by molar-refractivity contribution is 7.99. The van der Waals surface area contributed by atoms with Crippen LogP contribution in [-0.2, 0) is 4.74 Å². The Bertz CT molecular complexity index is 774. The van der Waals surface area contributed by atoms with Crippen LogP contribution in [0.3, 0.4) is 0 Å². The van der Waals surface area contributed by atoms with Crippen molar-refractivity contribution in [2.24, 2.45) is 0 Å². The first kappa shape index (κ1) is 44.8. The van der Waals surface area contributed by atoms with Crippen LogP contribution in [0.15, 0.2) is 42.6 Å². The number of nitrogens with two attached hydrogens (primary N) is 2. The number of anilines is 3. The molecule has 0 amide bonds. The number of nitrogen functional groups attached to an aromatic ring is 2. The van der Waals surface area contributed by atoms with Crippen molar-refractivity contribution >= 4 is 29.1 Å². The van der Waals surface area contributed by atoms with E-state index in [2.05, 4.69) is 41.9 Å². The van der Waals surface area contributed by atoms with Gasteiger partial charge in [-0.25, -0.2) is 14.4 Å². The number of rotatable bonds is 9. The van der Waals surface area contributed by atoms with Crippen molar-refractivity contribution in [3.63, 3.8) is 0 Å². The van der Waals surface area contributed by atoms with Gasteiger partial charge in [-0.1, -0.05) is 56.8 Å². The lowest BCUT2D eigenvalue weighted by atomic mass is 10.2. The van der Waals surface area contributed by atoms with E-state index in [0.29, 0.717) is 31.0 Å². The van der Waals surface area contributed by atoms with Gasteiger partial charge in [0, 0.05) is 5.75 Å². The SMILES string of the molecule is C=C.C=CC=C(C)C.CC.CC(C)(O)O.CCCSc1nc(N)c(N)c(NC2CCC(OCCO)C2F)n1.CF. The number of hydrogen-bond acceptors (Lipinski definition) is 10. The zero-order chi connectivity index (χ0) is 32.3. The predicted octanol–water partition coefficient (Wildman–Crippen LogP) is 5.69. The molecule has 0 spiro atoms. The highest BCUT2D eigenvalue weighted by Crippen LogP contribution is 2.32. The van der Waals surface area contributed by atoms with Crippen molar-refractivity contribution in [3.05, 3.63) is 37.5 Å². The van der Waals surface area contributed by atoms with Gasteiger partial charge >= 0.3 is 0 Å². The molecule has 0 radical (unpaired) electrons. The molecule has 1 fully saturated rings. The minimum atomic E-state index is -1.50. The molecular formula is C28H55F2N5O4S. The van der Waals surface area contributed by atoms with Crippen LogP contribution in [0.5, 0.6) is 0 Å². The lowest BCUT2D eigenvalue weighted by molar-refractivity contribution is -0.127. The molecule has 3 unspecified atom stereocenters. The summed E-state index contributed by atoms with van der Waals surface area (Å²) in [5.41, 5.74) is 13.3. The fourth-order valence-electron chi connectivity index (χ4n) is 2.70. The van der Waals surface area contributed by atoms with E-state index >= 15 is 0 Å². The average Bonchev–Trinajstić information content (AvgIpc) is 3.25. The summed E-state index contributed by atoms with van der Waals surface area (Å²) in [6, 6.07) is -0.445. The molecule has 1 aliphatic rings. The summed E-state index contributed by atoms with van der Waals surface area (Å²) in [7, 11) is 0.500. The van der Waals surface area contributed by atoms with Crippen LogP contribution in [0.2, 0.25) is 0 Å². The van der Waals surface area contributed by atoms with Crippen molar-refractivity contribution in [2.75, 3.05) is 42.9 Å². The smallest absolute Gasteiger partial charge is 0.191 e. The number of aliphatic hydroxyl groups excluding tert-OH is 1. The van der Waals surface area contributed by atoms with Crippen LogP contribution in [0.4, 0.5) is 26.1 Å². The third kappa shape index (κ3) is 24.8. The Balaban J connectivity index is -0.000000315. The third-order valence-corrected chi connectivity index (χ3v) is 5.14. The molecule has 0 saturated heterocycles. The zero-order valence-corrected chi connectivity index (χ0v) is 26.5. The first-order chi connectivity index (χ1) is 18.8. The van der Waals surface area contributed by atoms with Crippen LogP contribution < -0.4 is 16.8 Å². The van der Waals surface area contributed by atoms with Gasteiger partial charge in [0.15, 0.2) is 22.6 Å². The predicted molar refractivity (Wildman–Crippen MR) is 168 cm³/mol. The van der Waals surface area contributed by atoms with Crippen molar-refractivity contribution in [1.29, 1.82) is 0 Å². The standard InChI is InChI=1S/C14H24FN5O2S.C6H10.C3H8O2.C2H6.C2H4.CH3F/c1-2-7-23-14-19-12(17)11(16)13(20-14)18-8-3-4-9(10(8)15)22-6-5-21;1-4-5-6(2)3;1-3(2,4)5;3*1-2/h8-10,21H,2-7,16H2,1H3,(H3,17,18,19,20);4-5H,1H2,2-3H3;4-5H,1-2H3;1-2H3;1-2H2;1H3. The molecule has 1 heterocycles. The fraction of sp³-hybridized carbons (Fsp3) is 0.643. The molecule has 1 aromatic rings. The second-order valence-corrected chi connectivity index (χ2v) is 9.44. The number of aliphatic hydroxyl groups is 3. The Morgan fingerprint density at radius 3 is 2.10 bits per heavy atom. The zero-order valence-electron chi connectivity index (χ0n) is 25.7. The summed E-state index contributed by atoms with van der Waals surface area (Å²) in [4.78, 5) is 8.48. The number of thioether (sulfide) groups is 1. The molecule has 0 bridgehead atoms. The van der Waals surface area contributed by atoms with E-state index in [1.54, 1.807) is 6.08 Å². The van der Waals surface area contributed by atoms with Gasteiger partial charge in [0.1, 0.15) is 11.9 Å². The van der Waals surface area contributed by atoms with E-state index in [1.807, 2.05) is 33.8 Å². The molecule has 1 aliphatic carbocycles. The molecule has 3 atom stereocenters. The van der Waals surface area contributed by atoms with Gasteiger partial charge in [-0.3, -0.25) is 4.39 Å². The highest BCUT2D eigenvalue weighted by Gasteiger charge is 2.37. The maximum absolute atomic E-state index is 14.4. The second-order valence-electron chi connectivity index (χ2n) is 8.38. The number of nitrogens with one attached hydrogen (secondary N) is 1. The Kier molecular flexibility index (Phi) is 31.7. The minimum Gasteiger partial charge on any atom is -0.394 e. The molecule has 8 N–H and O–H groups in total. The maximum atomic E-state index is 14.4. The van der Waals surface area contributed by atoms with Gasteiger partial charge in [0.2, 0.25) is 0 Å². The topological polar surface area (TPSA) is 160 Å². The van der Waals surface area contributed by atoms with E-state index < -0.39 is 24.1 Å². The molecule has 0 aromatic carbocycles. The Morgan fingerprint density at radius 1 is 1.18 bits per heavy atom. The Morgan fingerprint density at radius 2 is 1.70 bits per heavy atom. The number of hydrogen-bond donors (Lipinski definition) is 6. The van der Waals surface area contributed by atoms with Gasteiger partial charge in [-0.2, -0.15) is 0 Å². The number of ether oxygens (including phenoxy) is 1. The van der Waals surface area contributed by atoms with Crippen molar-refractivity contribution in [2.45, 2.75) is 97.0 Å². The first-order valence-electron chi connectivity index (χ1n) is 13.1. The fourth-order valence-corrected chi connectivity index (χ4v) is 3.40. The molecule has 2 rings (SSSR count). The van der Waals surface area contributed by atoms with Gasteiger partial charge in [0.05, 0.1) is 32.5 Å². The van der Waals surface area contributed by atoms with Crippen molar-refractivity contribution < 1.29 is 28.8 Å². The third-order valence-electron chi connectivity index (χ3n) is 4.09. The summed E-state index contributed by atoms with van der Waals surface area (Å²) in [5.74, 6) is -0.0659. The monoisotopic (exact) mass is 595 g/mol. The molecule has 1 saturated carbocycles. The number of halogens is 2. The number of alkyl halides is 2. The summed E-state index contributed by atoms with van der Waals surface area (Å²) in [6.07, 6.45) is 4.21. The minimum absolute atomic E-state index is 0.116. The van der Waals surface area contributed by atoms with Crippen LogP contribution >= 0.6 is 11.8 Å². The van der Waals surface area contributed by atoms with E-state index in [-0.39, 0.29) is 24.7 Å². The van der Waals surface area contributed by atoms with Crippen molar-refractivity contribution in [1.82, 2.24) is 9.97 Å². The molecule has 1 aromatic heterocycles.